The SMILES string of the molecule is C=C1C=CC2(C34CCCCC3C(=O)OC4=O)C(=O)OC(=O)C2C1. The van der Waals surface area contributed by atoms with Gasteiger partial charge in [0.1, 0.15) is 10.8 Å². The normalized spacial score (nSPS) is 42.3. The third kappa shape index (κ3) is 1.49. The predicted octanol–water partition coefficient (Wildman–Crippen LogP) is 1.45. The molecule has 0 aromatic rings. The second kappa shape index (κ2) is 4.40. The summed E-state index contributed by atoms with van der Waals surface area (Å²) in [4.78, 5) is 49.8. The zero-order valence-corrected chi connectivity index (χ0v) is 12.5. The van der Waals surface area contributed by atoms with Gasteiger partial charge >= 0.3 is 23.9 Å². The summed E-state index contributed by atoms with van der Waals surface area (Å²) >= 11 is 0. The number of carbonyl (C=O) groups is 4. The molecule has 6 nitrogen and oxygen atoms in total. The highest BCUT2D eigenvalue weighted by Crippen LogP contribution is 2.65. The Bertz CT molecular complexity index is 704. The summed E-state index contributed by atoms with van der Waals surface area (Å²) in [5.74, 6) is -4.18. The second-order valence-electron chi connectivity index (χ2n) is 6.80. The largest absolute Gasteiger partial charge is 0.392 e. The first-order chi connectivity index (χ1) is 10.9. The second-order valence-corrected chi connectivity index (χ2v) is 6.80. The Hall–Kier alpha value is -2.24. The molecule has 3 fully saturated rings. The zero-order chi connectivity index (χ0) is 16.4. The highest BCUT2D eigenvalue weighted by atomic mass is 16.6. The third-order valence-corrected chi connectivity index (χ3v) is 5.90. The van der Waals surface area contributed by atoms with Crippen LogP contribution in [0.15, 0.2) is 24.3 Å². The van der Waals surface area contributed by atoms with Crippen molar-refractivity contribution in [1.82, 2.24) is 0 Å². The fourth-order valence-electron chi connectivity index (χ4n) is 4.88. The first-order valence-corrected chi connectivity index (χ1v) is 7.83. The summed E-state index contributed by atoms with van der Waals surface area (Å²) in [5, 5.41) is 0. The van der Waals surface area contributed by atoms with E-state index in [4.69, 9.17) is 9.47 Å². The molecule has 2 aliphatic carbocycles. The van der Waals surface area contributed by atoms with E-state index in [1.165, 1.54) is 0 Å². The highest BCUT2D eigenvalue weighted by Gasteiger charge is 2.77. The number of allylic oxidation sites excluding steroid dienone is 2. The van der Waals surface area contributed by atoms with Crippen LogP contribution in [-0.4, -0.2) is 23.9 Å². The molecule has 4 aliphatic rings. The lowest BCUT2D eigenvalue weighted by molar-refractivity contribution is -0.167. The van der Waals surface area contributed by atoms with Gasteiger partial charge in [-0.05, 0) is 19.3 Å². The third-order valence-electron chi connectivity index (χ3n) is 5.90. The molecule has 0 aromatic carbocycles. The highest BCUT2D eigenvalue weighted by molar-refractivity contribution is 6.09. The fourth-order valence-corrected chi connectivity index (χ4v) is 4.88. The summed E-state index contributed by atoms with van der Waals surface area (Å²) in [7, 11) is 0. The van der Waals surface area contributed by atoms with E-state index in [1.807, 2.05) is 0 Å². The zero-order valence-electron chi connectivity index (χ0n) is 12.5. The Balaban J connectivity index is 1.98. The number of rotatable bonds is 1. The monoisotopic (exact) mass is 316 g/mol. The number of ether oxygens (including phenoxy) is 2. The maximum absolute atomic E-state index is 12.7. The quantitative estimate of drug-likeness (QED) is 0.537. The molecule has 23 heavy (non-hydrogen) atoms. The molecule has 6 heteroatoms. The van der Waals surface area contributed by atoms with E-state index < -0.39 is 46.5 Å². The Morgan fingerprint density at radius 3 is 2.48 bits per heavy atom. The van der Waals surface area contributed by atoms with Crippen LogP contribution < -0.4 is 0 Å². The van der Waals surface area contributed by atoms with E-state index in [0.717, 1.165) is 6.42 Å². The first kappa shape index (κ1) is 14.4. The molecule has 120 valence electrons. The molecule has 0 bridgehead atoms. The van der Waals surface area contributed by atoms with Crippen molar-refractivity contribution in [2.24, 2.45) is 22.7 Å². The maximum atomic E-state index is 12.7. The minimum absolute atomic E-state index is 0.247. The molecule has 2 aliphatic heterocycles. The van der Waals surface area contributed by atoms with E-state index in [2.05, 4.69) is 6.58 Å². The minimum Gasteiger partial charge on any atom is -0.392 e. The van der Waals surface area contributed by atoms with Crippen molar-refractivity contribution in [3.63, 3.8) is 0 Å². The van der Waals surface area contributed by atoms with Crippen LogP contribution in [0.4, 0.5) is 0 Å². The fraction of sp³-hybridized carbons (Fsp3) is 0.529. The first-order valence-electron chi connectivity index (χ1n) is 7.83. The summed E-state index contributed by atoms with van der Waals surface area (Å²) in [6, 6.07) is 0. The summed E-state index contributed by atoms with van der Waals surface area (Å²) in [5.41, 5.74) is -2.08. The van der Waals surface area contributed by atoms with Crippen LogP contribution in [0.2, 0.25) is 0 Å². The van der Waals surface area contributed by atoms with Crippen LogP contribution in [0.25, 0.3) is 0 Å². The van der Waals surface area contributed by atoms with Gasteiger partial charge in [0.05, 0.1) is 11.8 Å². The number of esters is 4. The van der Waals surface area contributed by atoms with Gasteiger partial charge in [-0.25, -0.2) is 0 Å². The van der Waals surface area contributed by atoms with Crippen LogP contribution in [-0.2, 0) is 28.7 Å². The predicted molar refractivity (Wildman–Crippen MR) is 75.4 cm³/mol. The van der Waals surface area contributed by atoms with Gasteiger partial charge in [0, 0.05) is 0 Å². The summed E-state index contributed by atoms with van der Waals surface area (Å²) in [6.45, 7) is 3.84. The lowest BCUT2D eigenvalue weighted by Gasteiger charge is -2.47. The van der Waals surface area contributed by atoms with Gasteiger partial charge in [-0.2, -0.15) is 0 Å². The average Bonchev–Trinajstić information content (AvgIpc) is 2.93. The molecular formula is C17H16O6. The maximum Gasteiger partial charge on any atom is 0.325 e. The van der Waals surface area contributed by atoms with Gasteiger partial charge < -0.3 is 9.47 Å². The van der Waals surface area contributed by atoms with Crippen LogP contribution in [0.5, 0.6) is 0 Å². The van der Waals surface area contributed by atoms with Crippen molar-refractivity contribution < 1.29 is 28.7 Å². The van der Waals surface area contributed by atoms with E-state index in [9.17, 15) is 19.2 Å². The van der Waals surface area contributed by atoms with Gasteiger partial charge in [0.15, 0.2) is 0 Å². The number of fused-ring (bicyclic) bond motifs is 3. The Labute approximate surface area is 132 Å². The molecule has 0 N–H and O–H groups in total. The molecule has 1 saturated carbocycles. The molecule has 0 spiro atoms. The van der Waals surface area contributed by atoms with E-state index in [1.54, 1.807) is 12.2 Å². The van der Waals surface area contributed by atoms with Crippen molar-refractivity contribution in [3.8, 4) is 0 Å². The molecule has 2 heterocycles. The Morgan fingerprint density at radius 1 is 1.00 bits per heavy atom. The molecule has 4 unspecified atom stereocenters. The standard InChI is InChI=1S/C17H16O6/c1-9-5-7-17(11(8-9)13(19)23-15(17)21)16-6-3-2-4-10(16)12(18)22-14(16)20/h5,7,10-11H,1-4,6,8H2. The Morgan fingerprint density at radius 2 is 1.70 bits per heavy atom. The molecule has 0 amide bonds. The lowest BCUT2D eigenvalue weighted by atomic mass is 9.48. The molecule has 2 saturated heterocycles. The van der Waals surface area contributed by atoms with Crippen molar-refractivity contribution >= 4 is 23.9 Å². The van der Waals surface area contributed by atoms with Gasteiger partial charge in [-0.15, -0.1) is 0 Å². The number of carbonyl (C=O) groups excluding carboxylic acids is 4. The number of hydrogen-bond acceptors (Lipinski definition) is 6. The minimum atomic E-state index is -1.44. The van der Waals surface area contributed by atoms with E-state index >= 15 is 0 Å². The van der Waals surface area contributed by atoms with Gasteiger partial charge in [0.25, 0.3) is 0 Å². The van der Waals surface area contributed by atoms with E-state index in [-0.39, 0.29) is 6.42 Å². The van der Waals surface area contributed by atoms with Gasteiger partial charge in [-0.1, -0.05) is 37.1 Å². The van der Waals surface area contributed by atoms with Crippen LogP contribution in [0.1, 0.15) is 32.1 Å². The Kier molecular flexibility index (Phi) is 2.75. The van der Waals surface area contributed by atoms with Crippen molar-refractivity contribution in [2.75, 3.05) is 0 Å². The molecule has 4 rings (SSSR count). The summed E-state index contributed by atoms with van der Waals surface area (Å²) < 4.78 is 9.84. The molecular weight excluding hydrogens is 300 g/mol. The van der Waals surface area contributed by atoms with Crippen LogP contribution in [0, 0.1) is 22.7 Å². The lowest BCUT2D eigenvalue weighted by Crippen LogP contribution is -2.56. The van der Waals surface area contributed by atoms with Crippen LogP contribution >= 0.6 is 0 Å². The van der Waals surface area contributed by atoms with Gasteiger partial charge in [-0.3, -0.25) is 19.2 Å². The smallest absolute Gasteiger partial charge is 0.325 e. The topological polar surface area (TPSA) is 86.7 Å². The average molecular weight is 316 g/mol. The summed E-state index contributed by atoms with van der Waals surface area (Å²) in [6.07, 6.45) is 5.78. The number of hydrogen-bond donors (Lipinski definition) is 0. The molecule has 0 radical (unpaired) electrons. The molecule has 0 aromatic heterocycles. The van der Waals surface area contributed by atoms with Crippen molar-refractivity contribution in [3.05, 3.63) is 24.3 Å². The van der Waals surface area contributed by atoms with Crippen molar-refractivity contribution in [2.45, 2.75) is 32.1 Å². The molecule has 4 atom stereocenters. The van der Waals surface area contributed by atoms with Crippen molar-refractivity contribution in [1.29, 1.82) is 0 Å². The van der Waals surface area contributed by atoms with Gasteiger partial charge in [0.2, 0.25) is 0 Å². The van der Waals surface area contributed by atoms with E-state index in [0.29, 0.717) is 24.8 Å². The van der Waals surface area contributed by atoms with Crippen LogP contribution in [0.3, 0.4) is 0 Å². The number of cyclic esters (lactones) is 4.